The Kier molecular flexibility index (Phi) is 2.78. The molecule has 0 aliphatic carbocycles. The van der Waals surface area contributed by atoms with Gasteiger partial charge in [0.25, 0.3) is 0 Å². The fraction of sp³-hybridized carbons (Fsp3) is 0.444. The molecular formula is C9H14N2O. The van der Waals surface area contributed by atoms with Crippen LogP contribution in [0.4, 0.5) is 0 Å². The van der Waals surface area contributed by atoms with Crippen LogP contribution in [-0.4, -0.2) is 16.2 Å². The first-order valence-corrected chi connectivity index (χ1v) is 3.97. The third-order valence-corrected chi connectivity index (χ3v) is 1.80. The van der Waals surface area contributed by atoms with E-state index in [0.29, 0.717) is 0 Å². The summed E-state index contributed by atoms with van der Waals surface area (Å²) >= 11 is 0. The predicted molar refractivity (Wildman–Crippen MR) is 47.6 cm³/mol. The van der Waals surface area contributed by atoms with E-state index in [4.69, 9.17) is 5.73 Å². The SMILES string of the molecule is Cc1ccc([C@H](N)[C@H](C)O)nc1. The zero-order valence-corrected chi connectivity index (χ0v) is 7.36. The minimum absolute atomic E-state index is 0.384. The summed E-state index contributed by atoms with van der Waals surface area (Å²) in [6, 6.07) is 3.39. The van der Waals surface area contributed by atoms with Crippen molar-refractivity contribution in [3.8, 4) is 0 Å². The van der Waals surface area contributed by atoms with Crippen LogP contribution in [0, 0.1) is 6.92 Å². The van der Waals surface area contributed by atoms with Gasteiger partial charge in [-0.25, -0.2) is 0 Å². The Bertz CT molecular complexity index is 243. The summed E-state index contributed by atoms with van der Waals surface area (Å²) in [7, 11) is 0. The fourth-order valence-electron chi connectivity index (χ4n) is 0.924. The van der Waals surface area contributed by atoms with Gasteiger partial charge in [-0.05, 0) is 25.5 Å². The smallest absolute Gasteiger partial charge is 0.0730 e. The maximum absolute atomic E-state index is 9.18. The summed E-state index contributed by atoms with van der Waals surface area (Å²) in [4.78, 5) is 4.11. The van der Waals surface area contributed by atoms with E-state index in [9.17, 15) is 5.11 Å². The number of aromatic nitrogens is 1. The van der Waals surface area contributed by atoms with Crippen molar-refractivity contribution in [3.05, 3.63) is 29.6 Å². The van der Waals surface area contributed by atoms with Crippen molar-refractivity contribution in [3.63, 3.8) is 0 Å². The Hall–Kier alpha value is -0.930. The van der Waals surface area contributed by atoms with Gasteiger partial charge in [0.1, 0.15) is 0 Å². The molecule has 0 aliphatic heterocycles. The second-order valence-electron chi connectivity index (χ2n) is 3.03. The van der Waals surface area contributed by atoms with Crippen molar-refractivity contribution in [2.24, 2.45) is 5.73 Å². The summed E-state index contributed by atoms with van der Waals surface area (Å²) in [6.07, 6.45) is 1.19. The topological polar surface area (TPSA) is 59.1 Å². The number of rotatable bonds is 2. The quantitative estimate of drug-likeness (QED) is 0.682. The number of aryl methyl sites for hydroxylation is 1. The van der Waals surface area contributed by atoms with E-state index in [-0.39, 0.29) is 6.04 Å². The lowest BCUT2D eigenvalue weighted by Crippen LogP contribution is -2.24. The van der Waals surface area contributed by atoms with E-state index in [1.807, 2.05) is 19.1 Å². The molecule has 2 atom stereocenters. The normalized spacial score (nSPS) is 15.7. The summed E-state index contributed by atoms with van der Waals surface area (Å²) < 4.78 is 0. The molecule has 3 nitrogen and oxygen atoms in total. The molecular weight excluding hydrogens is 152 g/mol. The van der Waals surface area contributed by atoms with E-state index in [1.54, 1.807) is 13.1 Å². The molecule has 0 unspecified atom stereocenters. The number of nitrogens with two attached hydrogens (primary N) is 1. The summed E-state index contributed by atoms with van der Waals surface area (Å²) in [6.45, 7) is 3.62. The maximum Gasteiger partial charge on any atom is 0.0730 e. The van der Waals surface area contributed by atoms with Gasteiger partial charge in [0.2, 0.25) is 0 Å². The number of hydrogen-bond donors (Lipinski definition) is 2. The van der Waals surface area contributed by atoms with E-state index in [2.05, 4.69) is 4.98 Å². The third kappa shape index (κ3) is 2.03. The third-order valence-electron chi connectivity index (χ3n) is 1.80. The number of aliphatic hydroxyl groups excluding tert-OH is 1. The molecule has 1 heterocycles. The van der Waals surface area contributed by atoms with Crippen molar-refractivity contribution in [2.45, 2.75) is 26.0 Å². The number of pyridine rings is 1. The maximum atomic E-state index is 9.18. The standard InChI is InChI=1S/C9H14N2O/c1-6-3-4-8(11-5-6)9(10)7(2)12/h3-5,7,9,12H,10H2,1-2H3/t7-,9+/m0/s1. The van der Waals surface area contributed by atoms with Gasteiger partial charge in [-0.3, -0.25) is 4.98 Å². The molecule has 0 spiro atoms. The van der Waals surface area contributed by atoms with E-state index in [1.165, 1.54) is 0 Å². The van der Waals surface area contributed by atoms with E-state index < -0.39 is 6.10 Å². The molecule has 0 aromatic carbocycles. The Morgan fingerprint density at radius 1 is 1.50 bits per heavy atom. The van der Waals surface area contributed by atoms with Crippen molar-refractivity contribution in [1.82, 2.24) is 4.98 Å². The average Bonchev–Trinajstić information content (AvgIpc) is 2.04. The Balaban J connectivity index is 2.82. The van der Waals surface area contributed by atoms with Gasteiger partial charge in [0, 0.05) is 6.20 Å². The lowest BCUT2D eigenvalue weighted by molar-refractivity contribution is 0.162. The zero-order chi connectivity index (χ0) is 9.14. The molecule has 0 amide bonds. The molecule has 0 saturated heterocycles. The largest absolute Gasteiger partial charge is 0.391 e. The van der Waals surface area contributed by atoms with Gasteiger partial charge in [-0.15, -0.1) is 0 Å². The molecule has 0 saturated carbocycles. The second kappa shape index (κ2) is 3.65. The fourth-order valence-corrected chi connectivity index (χ4v) is 0.924. The highest BCUT2D eigenvalue weighted by atomic mass is 16.3. The first-order valence-electron chi connectivity index (χ1n) is 3.97. The van der Waals surface area contributed by atoms with Crippen molar-refractivity contribution < 1.29 is 5.11 Å². The van der Waals surface area contributed by atoms with Gasteiger partial charge >= 0.3 is 0 Å². The number of aliphatic hydroxyl groups is 1. The summed E-state index contributed by atoms with van der Waals surface area (Å²) in [5, 5.41) is 9.18. The Morgan fingerprint density at radius 2 is 2.17 bits per heavy atom. The van der Waals surface area contributed by atoms with Gasteiger partial charge in [-0.2, -0.15) is 0 Å². The Labute approximate surface area is 72.2 Å². The van der Waals surface area contributed by atoms with Gasteiger partial charge < -0.3 is 10.8 Å². The highest BCUT2D eigenvalue weighted by Crippen LogP contribution is 2.11. The first-order chi connectivity index (χ1) is 5.61. The monoisotopic (exact) mass is 166 g/mol. The van der Waals surface area contributed by atoms with Crippen LogP contribution in [0.15, 0.2) is 18.3 Å². The molecule has 0 radical (unpaired) electrons. The van der Waals surface area contributed by atoms with Crippen LogP contribution >= 0.6 is 0 Å². The van der Waals surface area contributed by atoms with Crippen molar-refractivity contribution in [2.75, 3.05) is 0 Å². The molecule has 12 heavy (non-hydrogen) atoms. The minimum atomic E-state index is -0.555. The van der Waals surface area contributed by atoms with Crippen molar-refractivity contribution >= 4 is 0 Å². The van der Waals surface area contributed by atoms with Crippen LogP contribution < -0.4 is 5.73 Å². The lowest BCUT2D eigenvalue weighted by atomic mass is 10.1. The van der Waals surface area contributed by atoms with Crippen LogP contribution in [0.3, 0.4) is 0 Å². The van der Waals surface area contributed by atoms with Gasteiger partial charge in [0.15, 0.2) is 0 Å². The molecule has 66 valence electrons. The summed E-state index contributed by atoms with van der Waals surface area (Å²) in [5.41, 5.74) is 7.50. The van der Waals surface area contributed by atoms with Gasteiger partial charge in [0.05, 0.1) is 17.8 Å². The predicted octanol–water partition coefficient (Wildman–Crippen LogP) is 0.771. The molecule has 1 aromatic heterocycles. The molecule has 3 N–H and O–H groups in total. The number of nitrogens with zero attached hydrogens (tertiary/aromatic N) is 1. The molecule has 3 heteroatoms. The Morgan fingerprint density at radius 3 is 2.58 bits per heavy atom. The molecule has 1 aromatic rings. The zero-order valence-electron chi connectivity index (χ0n) is 7.36. The van der Waals surface area contributed by atoms with E-state index in [0.717, 1.165) is 11.3 Å². The van der Waals surface area contributed by atoms with Crippen LogP contribution in [0.1, 0.15) is 24.2 Å². The highest BCUT2D eigenvalue weighted by Gasteiger charge is 2.12. The van der Waals surface area contributed by atoms with Crippen molar-refractivity contribution in [1.29, 1.82) is 0 Å². The van der Waals surface area contributed by atoms with Crippen LogP contribution in [-0.2, 0) is 0 Å². The van der Waals surface area contributed by atoms with Crippen LogP contribution in [0.5, 0.6) is 0 Å². The number of hydrogen-bond acceptors (Lipinski definition) is 3. The molecule has 0 fully saturated rings. The second-order valence-corrected chi connectivity index (χ2v) is 3.03. The summed E-state index contributed by atoms with van der Waals surface area (Å²) in [5.74, 6) is 0. The minimum Gasteiger partial charge on any atom is -0.391 e. The molecule has 1 rings (SSSR count). The van der Waals surface area contributed by atoms with Gasteiger partial charge in [-0.1, -0.05) is 6.07 Å². The highest BCUT2D eigenvalue weighted by molar-refractivity contribution is 5.15. The average molecular weight is 166 g/mol. The first kappa shape index (κ1) is 9.16. The van der Waals surface area contributed by atoms with Crippen LogP contribution in [0.25, 0.3) is 0 Å². The van der Waals surface area contributed by atoms with E-state index >= 15 is 0 Å². The molecule has 0 bridgehead atoms. The molecule has 0 aliphatic rings. The lowest BCUT2D eigenvalue weighted by Gasteiger charge is -2.13. The van der Waals surface area contributed by atoms with Crippen LogP contribution in [0.2, 0.25) is 0 Å².